The summed E-state index contributed by atoms with van der Waals surface area (Å²) in [6, 6.07) is 11.4. The summed E-state index contributed by atoms with van der Waals surface area (Å²) in [6.07, 6.45) is 1.60. The number of pyridine rings is 1. The van der Waals surface area contributed by atoms with Gasteiger partial charge < -0.3 is 4.42 Å². The van der Waals surface area contributed by atoms with Gasteiger partial charge in [-0.15, -0.1) is 0 Å². The van der Waals surface area contributed by atoms with E-state index in [1.807, 2.05) is 30.3 Å². The van der Waals surface area contributed by atoms with Crippen LogP contribution in [0, 0.1) is 0 Å². The van der Waals surface area contributed by atoms with Gasteiger partial charge in [0.2, 0.25) is 5.89 Å². The molecule has 0 spiro atoms. The van der Waals surface area contributed by atoms with Crippen LogP contribution >= 0.6 is 11.6 Å². The van der Waals surface area contributed by atoms with Crippen LogP contribution in [-0.2, 0) is 0 Å². The van der Waals surface area contributed by atoms with E-state index in [2.05, 4.69) is 9.97 Å². The second kappa shape index (κ2) is 3.61. The van der Waals surface area contributed by atoms with Crippen LogP contribution in [0.15, 0.2) is 47.0 Å². The van der Waals surface area contributed by atoms with Gasteiger partial charge in [-0.25, -0.2) is 9.97 Å². The van der Waals surface area contributed by atoms with Crippen molar-refractivity contribution < 1.29 is 4.42 Å². The molecule has 0 radical (unpaired) electrons. The molecule has 0 amide bonds. The lowest BCUT2D eigenvalue weighted by Gasteiger charge is -1.91. The maximum Gasteiger partial charge on any atom is 0.227 e. The van der Waals surface area contributed by atoms with Gasteiger partial charge in [0, 0.05) is 17.8 Å². The zero-order valence-electron chi connectivity index (χ0n) is 8.22. The second-order valence-corrected chi connectivity index (χ2v) is 3.69. The van der Waals surface area contributed by atoms with E-state index in [9.17, 15) is 0 Å². The van der Waals surface area contributed by atoms with Crippen LogP contribution in [0.4, 0.5) is 0 Å². The van der Waals surface area contributed by atoms with Gasteiger partial charge in [0.05, 0.1) is 0 Å². The molecule has 3 rings (SSSR count). The summed E-state index contributed by atoms with van der Waals surface area (Å²) >= 11 is 5.92. The Morgan fingerprint density at radius 3 is 2.62 bits per heavy atom. The Labute approximate surface area is 96.7 Å². The smallest absolute Gasteiger partial charge is 0.227 e. The van der Waals surface area contributed by atoms with Gasteiger partial charge in [0.15, 0.2) is 10.7 Å². The Balaban J connectivity index is 2.23. The van der Waals surface area contributed by atoms with Crippen LogP contribution < -0.4 is 0 Å². The number of hydrogen-bond donors (Lipinski definition) is 0. The molecule has 16 heavy (non-hydrogen) atoms. The van der Waals surface area contributed by atoms with Gasteiger partial charge in [-0.3, -0.25) is 0 Å². The average Bonchev–Trinajstić information content (AvgIpc) is 2.76. The Hall–Kier alpha value is -1.87. The predicted molar refractivity (Wildman–Crippen MR) is 62.3 cm³/mol. The van der Waals surface area contributed by atoms with Crippen LogP contribution in [0.1, 0.15) is 0 Å². The van der Waals surface area contributed by atoms with E-state index in [0.717, 1.165) is 5.56 Å². The summed E-state index contributed by atoms with van der Waals surface area (Å²) in [7, 11) is 0. The summed E-state index contributed by atoms with van der Waals surface area (Å²) in [6.45, 7) is 0. The lowest BCUT2D eigenvalue weighted by molar-refractivity contribution is 0.619. The number of fused-ring (bicyclic) bond motifs is 1. The maximum atomic E-state index is 5.92. The van der Waals surface area contributed by atoms with Gasteiger partial charge in [0.25, 0.3) is 0 Å². The van der Waals surface area contributed by atoms with Crippen LogP contribution in [0.3, 0.4) is 0 Å². The van der Waals surface area contributed by atoms with Crippen molar-refractivity contribution in [1.29, 1.82) is 0 Å². The third-order valence-corrected chi connectivity index (χ3v) is 2.56. The molecule has 0 fully saturated rings. The van der Waals surface area contributed by atoms with E-state index in [1.165, 1.54) is 0 Å². The monoisotopic (exact) mass is 230 g/mol. The van der Waals surface area contributed by atoms with Crippen molar-refractivity contribution in [3.8, 4) is 11.5 Å². The first-order valence-electron chi connectivity index (χ1n) is 4.81. The van der Waals surface area contributed by atoms with Gasteiger partial charge in [-0.1, -0.05) is 29.8 Å². The third-order valence-electron chi connectivity index (χ3n) is 2.28. The maximum absolute atomic E-state index is 5.92. The molecule has 0 saturated carbocycles. The van der Waals surface area contributed by atoms with E-state index in [4.69, 9.17) is 16.0 Å². The first-order chi connectivity index (χ1) is 7.84. The minimum absolute atomic E-state index is 0.364. The highest BCUT2D eigenvalue weighted by molar-refractivity contribution is 6.33. The molecule has 0 aliphatic carbocycles. The zero-order valence-corrected chi connectivity index (χ0v) is 8.98. The number of aromatic nitrogens is 2. The van der Waals surface area contributed by atoms with Crippen molar-refractivity contribution in [2.75, 3.05) is 0 Å². The molecule has 2 heterocycles. The Kier molecular flexibility index (Phi) is 2.11. The van der Waals surface area contributed by atoms with Crippen molar-refractivity contribution in [3.63, 3.8) is 0 Å². The normalized spacial score (nSPS) is 10.8. The minimum Gasteiger partial charge on any atom is -0.436 e. The number of benzene rings is 1. The Morgan fingerprint density at radius 2 is 1.88 bits per heavy atom. The fraction of sp³-hybridized carbons (Fsp3) is 0. The number of nitrogens with zero attached hydrogens (tertiary/aromatic N) is 2. The minimum atomic E-state index is 0.364. The fourth-order valence-electron chi connectivity index (χ4n) is 1.53. The van der Waals surface area contributed by atoms with Crippen molar-refractivity contribution in [2.45, 2.75) is 0 Å². The van der Waals surface area contributed by atoms with Gasteiger partial charge in [-0.05, 0) is 12.1 Å². The molecule has 0 aliphatic rings. The van der Waals surface area contributed by atoms with Crippen molar-refractivity contribution in [1.82, 2.24) is 9.97 Å². The van der Waals surface area contributed by atoms with Crippen molar-refractivity contribution in [2.24, 2.45) is 0 Å². The summed E-state index contributed by atoms with van der Waals surface area (Å²) in [5, 5.41) is 0.364. The molecule has 0 N–H and O–H groups in total. The molecule has 0 bridgehead atoms. The molecule has 0 aliphatic heterocycles. The first-order valence-corrected chi connectivity index (χ1v) is 5.19. The van der Waals surface area contributed by atoms with Crippen molar-refractivity contribution in [3.05, 3.63) is 47.7 Å². The molecule has 3 aromatic rings. The first kappa shape index (κ1) is 9.36. The van der Waals surface area contributed by atoms with E-state index in [0.29, 0.717) is 22.1 Å². The topological polar surface area (TPSA) is 38.9 Å². The summed E-state index contributed by atoms with van der Waals surface area (Å²) in [5.41, 5.74) is 2.18. The summed E-state index contributed by atoms with van der Waals surface area (Å²) in [5.74, 6) is 0.561. The highest BCUT2D eigenvalue weighted by atomic mass is 35.5. The molecular weight excluding hydrogens is 224 g/mol. The van der Waals surface area contributed by atoms with Crippen LogP contribution in [0.5, 0.6) is 0 Å². The lowest BCUT2D eigenvalue weighted by atomic mass is 10.2. The molecule has 0 saturated heterocycles. The van der Waals surface area contributed by atoms with Crippen LogP contribution in [0.25, 0.3) is 22.6 Å². The number of oxazole rings is 1. The number of rotatable bonds is 1. The van der Waals surface area contributed by atoms with E-state index < -0.39 is 0 Å². The molecule has 0 unspecified atom stereocenters. The second-order valence-electron chi connectivity index (χ2n) is 3.33. The average molecular weight is 231 g/mol. The van der Waals surface area contributed by atoms with Crippen molar-refractivity contribution >= 4 is 22.7 Å². The number of hydrogen-bond acceptors (Lipinski definition) is 3. The highest BCUT2D eigenvalue weighted by Crippen LogP contribution is 2.26. The molecule has 4 heteroatoms. The van der Waals surface area contributed by atoms with Gasteiger partial charge >= 0.3 is 0 Å². The summed E-state index contributed by atoms with van der Waals surface area (Å²) < 4.78 is 5.60. The highest BCUT2D eigenvalue weighted by Gasteiger charge is 2.10. The largest absolute Gasteiger partial charge is 0.436 e. The predicted octanol–water partition coefficient (Wildman–Crippen LogP) is 3.54. The zero-order chi connectivity index (χ0) is 11.0. The standard InChI is InChI=1S/C12H7ClN2O/c13-11-10-9(6-7-14-11)16-12(15-10)8-4-2-1-3-5-8/h1-7H. The fourth-order valence-corrected chi connectivity index (χ4v) is 1.72. The molecule has 2 aromatic heterocycles. The number of halogens is 1. The molecule has 1 aromatic carbocycles. The Morgan fingerprint density at radius 1 is 1.06 bits per heavy atom. The molecule has 78 valence electrons. The SMILES string of the molecule is Clc1nccc2oc(-c3ccccc3)nc12. The Bertz CT molecular complexity index is 634. The van der Waals surface area contributed by atoms with Gasteiger partial charge in [0.1, 0.15) is 5.52 Å². The quantitative estimate of drug-likeness (QED) is 0.600. The lowest BCUT2D eigenvalue weighted by Crippen LogP contribution is -1.77. The molecular formula is C12H7ClN2O. The van der Waals surface area contributed by atoms with E-state index >= 15 is 0 Å². The molecule has 0 atom stereocenters. The third kappa shape index (κ3) is 1.46. The van der Waals surface area contributed by atoms with Crippen LogP contribution in [-0.4, -0.2) is 9.97 Å². The summed E-state index contributed by atoms with van der Waals surface area (Å²) in [4.78, 5) is 8.28. The molecule has 3 nitrogen and oxygen atoms in total. The van der Waals surface area contributed by atoms with E-state index in [1.54, 1.807) is 12.3 Å². The van der Waals surface area contributed by atoms with Crippen LogP contribution in [0.2, 0.25) is 5.15 Å². The van der Waals surface area contributed by atoms with E-state index in [-0.39, 0.29) is 0 Å². The van der Waals surface area contributed by atoms with Gasteiger partial charge in [-0.2, -0.15) is 0 Å².